The largest absolute Gasteiger partial charge is 0.469 e. The molecule has 0 aromatic rings. The highest BCUT2D eigenvalue weighted by Crippen LogP contribution is 2.39. The fourth-order valence-electron chi connectivity index (χ4n) is 1.17. The van der Waals surface area contributed by atoms with Crippen molar-refractivity contribution in [3.8, 4) is 0 Å². The van der Waals surface area contributed by atoms with Crippen LogP contribution in [0.25, 0.3) is 0 Å². The fraction of sp³-hybridized carbons (Fsp3) is 1.00. The van der Waals surface area contributed by atoms with E-state index in [4.69, 9.17) is 9.79 Å². The molecule has 0 aromatic carbocycles. The summed E-state index contributed by atoms with van der Waals surface area (Å²) in [4.78, 5) is 17.0. The highest BCUT2D eigenvalue weighted by molar-refractivity contribution is 14.1. The summed E-state index contributed by atoms with van der Waals surface area (Å²) < 4.78 is 17.0. The van der Waals surface area contributed by atoms with Crippen LogP contribution in [-0.4, -0.2) is 32.1 Å². The van der Waals surface area contributed by atoms with Crippen molar-refractivity contribution in [2.75, 3.05) is 13.1 Å². The predicted octanol–water partition coefficient (Wildman–Crippen LogP) is 0.910. The van der Waals surface area contributed by atoms with Crippen molar-refractivity contribution in [3.63, 3.8) is 0 Å². The van der Waals surface area contributed by atoms with Crippen LogP contribution in [0.5, 0.6) is 0 Å². The van der Waals surface area contributed by atoms with Gasteiger partial charge in [-0.15, -0.1) is 0 Å². The third kappa shape index (κ3) is 4.15. The number of hydrogen-bond donors (Lipinski definition) is 2. The van der Waals surface area contributed by atoms with Crippen LogP contribution in [0.4, 0.5) is 0 Å². The molecule has 1 atom stereocenters. The van der Waals surface area contributed by atoms with E-state index in [1.807, 2.05) is 3.11 Å². The number of piperidine rings is 1. The summed E-state index contributed by atoms with van der Waals surface area (Å²) in [5, 5.41) is 0. The molecular weight excluding hydrogens is 296 g/mol. The molecule has 1 saturated heterocycles. The second-order valence-electron chi connectivity index (χ2n) is 2.73. The van der Waals surface area contributed by atoms with E-state index in [1.165, 1.54) is 0 Å². The van der Waals surface area contributed by atoms with Gasteiger partial charge in [-0.1, -0.05) is 0 Å². The van der Waals surface area contributed by atoms with Gasteiger partial charge in [-0.2, -0.15) is 0 Å². The summed E-state index contributed by atoms with van der Waals surface area (Å²) in [6.07, 6.45) is 1.33. The molecule has 72 valence electrons. The van der Waals surface area contributed by atoms with Crippen LogP contribution in [0.3, 0.4) is 0 Å². The van der Waals surface area contributed by atoms with Crippen LogP contribution in [-0.2, 0) is 9.09 Å². The summed E-state index contributed by atoms with van der Waals surface area (Å²) in [7, 11) is -4.29. The smallest absolute Gasteiger partial charge is 0.303 e. The summed E-state index contributed by atoms with van der Waals surface area (Å²) in [5.41, 5.74) is 0. The molecule has 1 aliphatic rings. The normalized spacial score (nSPS) is 27.4. The maximum Gasteiger partial charge on any atom is 0.469 e. The van der Waals surface area contributed by atoms with E-state index in [9.17, 15) is 4.57 Å². The molecule has 1 heterocycles. The molecule has 0 aromatic heterocycles. The molecule has 1 rings (SSSR count). The van der Waals surface area contributed by atoms with Gasteiger partial charge in [0.05, 0.1) is 6.10 Å². The van der Waals surface area contributed by atoms with Crippen LogP contribution in [0.2, 0.25) is 0 Å². The van der Waals surface area contributed by atoms with Gasteiger partial charge >= 0.3 is 7.82 Å². The Kier molecular flexibility index (Phi) is 3.94. The van der Waals surface area contributed by atoms with Crippen LogP contribution in [0.1, 0.15) is 12.8 Å². The van der Waals surface area contributed by atoms with E-state index >= 15 is 0 Å². The molecule has 0 amide bonds. The minimum Gasteiger partial charge on any atom is -0.303 e. The molecule has 12 heavy (non-hydrogen) atoms. The molecular formula is C5H11INO4P. The van der Waals surface area contributed by atoms with Gasteiger partial charge in [0, 0.05) is 36.0 Å². The van der Waals surface area contributed by atoms with Crippen molar-refractivity contribution in [2.45, 2.75) is 18.9 Å². The summed E-state index contributed by atoms with van der Waals surface area (Å²) >= 11 is 2.12. The van der Waals surface area contributed by atoms with Crippen molar-refractivity contribution in [3.05, 3.63) is 0 Å². The average Bonchev–Trinajstić information content (AvgIpc) is 1.82. The highest BCUT2D eigenvalue weighted by Gasteiger charge is 2.26. The topological polar surface area (TPSA) is 70.0 Å². The molecule has 1 fully saturated rings. The Bertz CT molecular complexity index is 196. The third-order valence-corrected chi connectivity index (χ3v) is 3.06. The minimum absolute atomic E-state index is 0.323. The van der Waals surface area contributed by atoms with Gasteiger partial charge < -0.3 is 9.79 Å². The summed E-state index contributed by atoms with van der Waals surface area (Å²) in [6.45, 7) is 1.55. The van der Waals surface area contributed by atoms with Gasteiger partial charge in [-0.25, -0.2) is 7.68 Å². The molecule has 0 saturated carbocycles. The molecule has 0 bridgehead atoms. The molecule has 0 spiro atoms. The Labute approximate surface area is 84.8 Å². The molecule has 5 nitrogen and oxygen atoms in total. The van der Waals surface area contributed by atoms with Crippen molar-refractivity contribution >= 4 is 30.7 Å². The fourth-order valence-corrected chi connectivity index (χ4v) is 2.52. The first-order valence-electron chi connectivity index (χ1n) is 3.62. The quantitative estimate of drug-likeness (QED) is 0.451. The molecule has 2 N–H and O–H groups in total. The second-order valence-corrected chi connectivity index (χ2v) is 5.29. The standard InChI is InChI=1S/C5H11INO4P/c6-7-3-1-2-5(4-7)11-12(8,9)10/h5H,1-4H2,(H2,8,9,10). The molecule has 0 radical (unpaired) electrons. The number of rotatable bonds is 2. The summed E-state index contributed by atoms with van der Waals surface area (Å²) in [6, 6.07) is 0. The molecule has 1 unspecified atom stereocenters. The van der Waals surface area contributed by atoms with Crippen LogP contribution < -0.4 is 0 Å². The maximum absolute atomic E-state index is 10.5. The highest BCUT2D eigenvalue weighted by atomic mass is 127. The first-order chi connectivity index (χ1) is 5.47. The zero-order chi connectivity index (χ0) is 9.19. The van der Waals surface area contributed by atoms with Crippen molar-refractivity contribution in [1.29, 1.82) is 0 Å². The predicted molar refractivity (Wildman–Crippen MR) is 51.7 cm³/mol. The first kappa shape index (κ1) is 10.9. The molecule has 0 aliphatic carbocycles. The van der Waals surface area contributed by atoms with E-state index in [-0.39, 0.29) is 6.10 Å². The Morgan fingerprint density at radius 1 is 1.58 bits per heavy atom. The Morgan fingerprint density at radius 2 is 2.25 bits per heavy atom. The van der Waals surface area contributed by atoms with Crippen molar-refractivity contribution < 1.29 is 18.9 Å². The second kappa shape index (κ2) is 4.34. The average molecular weight is 307 g/mol. The lowest BCUT2D eigenvalue weighted by atomic mass is 10.1. The third-order valence-electron chi connectivity index (χ3n) is 1.61. The maximum atomic E-state index is 10.5. The number of halogens is 1. The number of nitrogens with zero attached hydrogens (tertiary/aromatic N) is 1. The van der Waals surface area contributed by atoms with E-state index in [2.05, 4.69) is 27.4 Å². The Balaban J connectivity index is 2.37. The van der Waals surface area contributed by atoms with Gasteiger partial charge in [0.1, 0.15) is 0 Å². The van der Waals surface area contributed by atoms with Gasteiger partial charge in [-0.05, 0) is 12.8 Å². The van der Waals surface area contributed by atoms with Gasteiger partial charge in [0.25, 0.3) is 0 Å². The zero-order valence-corrected chi connectivity index (χ0v) is 9.44. The van der Waals surface area contributed by atoms with E-state index in [1.54, 1.807) is 0 Å². The SMILES string of the molecule is O=P(O)(O)OC1CCCN(I)C1. The molecule has 1 aliphatic heterocycles. The van der Waals surface area contributed by atoms with Crippen LogP contribution in [0, 0.1) is 0 Å². The summed E-state index contributed by atoms with van der Waals surface area (Å²) in [5.74, 6) is 0. The minimum atomic E-state index is -4.29. The lowest BCUT2D eigenvalue weighted by Gasteiger charge is -2.27. The Hall–Kier alpha value is 0.800. The van der Waals surface area contributed by atoms with E-state index < -0.39 is 7.82 Å². The number of hydrogen-bond acceptors (Lipinski definition) is 3. The monoisotopic (exact) mass is 307 g/mol. The first-order valence-corrected chi connectivity index (χ1v) is 6.11. The van der Waals surface area contributed by atoms with Gasteiger partial charge in [0.2, 0.25) is 0 Å². The van der Waals surface area contributed by atoms with Gasteiger partial charge in [-0.3, -0.25) is 4.52 Å². The Morgan fingerprint density at radius 3 is 2.75 bits per heavy atom. The van der Waals surface area contributed by atoms with E-state index in [0.29, 0.717) is 6.54 Å². The van der Waals surface area contributed by atoms with Crippen LogP contribution >= 0.6 is 30.7 Å². The lowest BCUT2D eigenvalue weighted by Crippen LogP contribution is -2.32. The van der Waals surface area contributed by atoms with Crippen LogP contribution in [0.15, 0.2) is 0 Å². The molecule has 7 heteroatoms. The van der Waals surface area contributed by atoms with Gasteiger partial charge in [0.15, 0.2) is 0 Å². The van der Waals surface area contributed by atoms with Crippen molar-refractivity contribution in [1.82, 2.24) is 3.11 Å². The van der Waals surface area contributed by atoms with Crippen molar-refractivity contribution in [2.24, 2.45) is 0 Å². The number of phosphoric ester groups is 1. The van der Waals surface area contributed by atoms with E-state index in [0.717, 1.165) is 19.4 Å². The lowest BCUT2D eigenvalue weighted by molar-refractivity contribution is 0.0969. The number of phosphoric acid groups is 1. The zero-order valence-electron chi connectivity index (χ0n) is 6.39.